The van der Waals surface area contributed by atoms with Crippen molar-refractivity contribution in [1.82, 2.24) is 9.80 Å². The van der Waals surface area contributed by atoms with E-state index in [4.69, 9.17) is 4.74 Å². The smallest absolute Gasteiger partial charge is 0.411 e. The minimum atomic E-state index is -0.464. The van der Waals surface area contributed by atoms with Crippen LogP contribution in [0.3, 0.4) is 0 Å². The molecule has 0 aliphatic carbocycles. The monoisotopic (exact) mass is 276 g/mol. The van der Waals surface area contributed by atoms with Crippen molar-refractivity contribution < 1.29 is 9.53 Å². The number of nitrogens with zero attached hydrogens (tertiary/aromatic N) is 2. The lowest BCUT2D eigenvalue weighted by Gasteiger charge is -2.30. The maximum absolute atomic E-state index is 12.4. The molecule has 110 valence electrons. The highest BCUT2D eigenvalue weighted by Gasteiger charge is 2.35. The van der Waals surface area contributed by atoms with Crippen LogP contribution in [0.5, 0.6) is 0 Å². The van der Waals surface area contributed by atoms with Crippen molar-refractivity contribution in [3.63, 3.8) is 0 Å². The van der Waals surface area contributed by atoms with Crippen molar-refractivity contribution in [3.05, 3.63) is 35.4 Å². The standard InChI is InChI=1S/C16H24N2O2/c1-16(2,3)20-15(19)18-10-12-8-6-7-9-13(12)14(18)11-17(4)5/h6-9,14H,10-11H2,1-5H3. The van der Waals surface area contributed by atoms with Crippen LogP contribution in [0.4, 0.5) is 4.79 Å². The van der Waals surface area contributed by atoms with Crippen molar-refractivity contribution in [3.8, 4) is 0 Å². The first-order chi connectivity index (χ1) is 9.28. The molecule has 2 rings (SSSR count). The summed E-state index contributed by atoms with van der Waals surface area (Å²) in [6.07, 6.45) is -0.236. The lowest BCUT2D eigenvalue weighted by atomic mass is 10.0. The Morgan fingerprint density at radius 2 is 2.00 bits per heavy atom. The van der Waals surface area contributed by atoms with E-state index in [0.717, 1.165) is 6.54 Å². The van der Waals surface area contributed by atoms with Gasteiger partial charge in [-0.15, -0.1) is 0 Å². The summed E-state index contributed by atoms with van der Waals surface area (Å²) in [5.41, 5.74) is 1.98. The van der Waals surface area contributed by atoms with Crippen molar-refractivity contribution in [2.24, 2.45) is 0 Å². The maximum Gasteiger partial charge on any atom is 0.411 e. The molecule has 1 unspecified atom stereocenters. The molecule has 1 aromatic rings. The number of carbonyl (C=O) groups is 1. The first kappa shape index (κ1) is 14.9. The fourth-order valence-electron chi connectivity index (χ4n) is 2.52. The number of rotatable bonds is 2. The maximum atomic E-state index is 12.4. The van der Waals surface area contributed by atoms with E-state index < -0.39 is 5.60 Å². The van der Waals surface area contributed by atoms with Gasteiger partial charge in [0.2, 0.25) is 0 Å². The molecule has 0 saturated carbocycles. The van der Waals surface area contributed by atoms with E-state index in [1.54, 1.807) is 0 Å². The van der Waals surface area contributed by atoms with Crippen LogP contribution in [0, 0.1) is 0 Å². The van der Waals surface area contributed by atoms with Gasteiger partial charge in [0.15, 0.2) is 0 Å². The van der Waals surface area contributed by atoms with Gasteiger partial charge in [0.1, 0.15) is 5.60 Å². The van der Waals surface area contributed by atoms with Gasteiger partial charge in [0.05, 0.1) is 12.6 Å². The summed E-state index contributed by atoms with van der Waals surface area (Å²) in [5, 5.41) is 0. The molecule has 0 saturated heterocycles. The molecular formula is C16H24N2O2. The number of carbonyl (C=O) groups excluding carboxylic acids is 1. The van der Waals surface area contributed by atoms with E-state index in [-0.39, 0.29) is 12.1 Å². The van der Waals surface area contributed by atoms with Gasteiger partial charge in [-0.2, -0.15) is 0 Å². The molecule has 20 heavy (non-hydrogen) atoms. The fourth-order valence-corrected chi connectivity index (χ4v) is 2.52. The number of benzene rings is 1. The molecule has 1 aliphatic rings. The summed E-state index contributed by atoms with van der Waals surface area (Å²) in [7, 11) is 4.04. The number of amides is 1. The highest BCUT2D eigenvalue weighted by molar-refractivity contribution is 5.70. The number of fused-ring (bicyclic) bond motifs is 1. The number of likely N-dealkylation sites (N-methyl/N-ethyl adjacent to an activating group) is 1. The predicted molar refractivity (Wildman–Crippen MR) is 79.5 cm³/mol. The Kier molecular flexibility index (Phi) is 4.04. The van der Waals surface area contributed by atoms with Gasteiger partial charge in [0, 0.05) is 6.54 Å². The quantitative estimate of drug-likeness (QED) is 0.832. The van der Waals surface area contributed by atoms with Gasteiger partial charge in [0.25, 0.3) is 0 Å². The zero-order chi connectivity index (χ0) is 14.9. The molecular weight excluding hydrogens is 252 g/mol. The second-order valence-corrected chi connectivity index (χ2v) is 6.59. The van der Waals surface area contributed by atoms with Gasteiger partial charge >= 0.3 is 6.09 Å². The second-order valence-electron chi connectivity index (χ2n) is 6.59. The molecule has 4 nitrogen and oxygen atoms in total. The highest BCUT2D eigenvalue weighted by atomic mass is 16.6. The summed E-state index contributed by atoms with van der Waals surface area (Å²) >= 11 is 0. The average Bonchev–Trinajstić information content (AvgIpc) is 2.66. The van der Waals surface area contributed by atoms with E-state index in [1.807, 2.05) is 51.9 Å². The third kappa shape index (κ3) is 3.31. The third-order valence-corrected chi connectivity index (χ3v) is 3.30. The van der Waals surface area contributed by atoms with Crippen LogP contribution in [0.2, 0.25) is 0 Å². The molecule has 1 heterocycles. The Bertz CT molecular complexity index is 491. The van der Waals surface area contributed by atoms with Crippen molar-refractivity contribution in [1.29, 1.82) is 0 Å². The van der Waals surface area contributed by atoms with Gasteiger partial charge in [-0.25, -0.2) is 4.79 Å². The Balaban J connectivity index is 2.23. The van der Waals surface area contributed by atoms with E-state index in [0.29, 0.717) is 6.54 Å². The van der Waals surface area contributed by atoms with Gasteiger partial charge in [-0.05, 0) is 46.0 Å². The molecule has 4 heteroatoms. The predicted octanol–water partition coefficient (Wildman–Crippen LogP) is 3.04. The zero-order valence-electron chi connectivity index (χ0n) is 13.0. The van der Waals surface area contributed by atoms with Gasteiger partial charge in [-0.1, -0.05) is 24.3 Å². The SMILES string of the molecule is CN(C)CC1c2ccccc2CN1C(=O)OC(C)(C)C. The van der Waals surface area contributed by atoms with E-state index in [2.05, 4.69) is 17.0 Å². The lowest BCUT2D eigenvalue weighted by molar-refractivity contribution is 0.0150. The summed E-state index contributed by atoms with van der Waals surface area (Å²) < 4.78 is 5.53. The molecule has 1 aliphatic heterocycles. The Morgan fingerprint density at radius 1 is 1.35 bits per heavy atom. The Morgan fingerprint density at radius 3 is 2.60 bits per heavy atom. The highest BCUT2D eigenvalue weighted by Crippen LogP contribution is 2.34. The van der Waals surface area contributed by atoms with E-state index in [9.17, 15) is 4.79 Å². The molecule has 0 radical (unpaired) electrons. The van der Waals surface area contributed by atoms with Crippen molar-refractivity contribution in [2.45, 2.75) is 39.0 Å². The number of ether oxygens (including phenoxy) is 1. The zero-order valence-corrected chi connectivity index (χ0v) is 13.0. The molecule has 0 bridgehead atoms. The second kappa shape index (κ2) is 5.44. The Labute approximate surface area is 121 Å². The first-order valence-corrected chi connectivity index (χ1v) is 7.00. The molecule has 1 atom stereocenters. The minimum Gasteiger partial charge on any atom is -0.444 e. The normalized spacial score (nSPS) is 18.3. The largest absolute Gasteiger partial charge is 0.444 e. The molecule has 0 aromatic heterocycles. The van der Waals surface area contributed by atoms with Crippen LogP contribution in [0.25, 0.3) is 0 Å². The van der Waals surface area contributed by atoms with Crippen molar-refractivity contribution in [2.75, 3.05) is 20.6 Å². The summed E-state index contributed by atoms with van der Waals surface area (Å²) in [4.78, 5) is 16.3. The summed E-state index contributed by atoms with van der Waals surface area (Å²) in [6, 6.07) is 8.30. The van der Waals surface area contributed by atoms with Crippen LogP contribution in [0.1, 0.15) is 37.9 Å². The topological polar surface area (TPSA) is 32.8 Å². The molecule has 1 amide bonds. The molecule has 0 fully saturated rings. The number of hydrogen-bond acceptors (Lipinski definition) is 3. The average molecular weight is 276 g/mol. The third-order valence-electron chi connectivity index (χ3n) is 3.30. The fraction of sp³-hybridized carbons (Fsp3) is 0.562. The number of hydrogen-bond donors (Lipinski definition) is 0. The Hall–Kier alpha value is -1.55. The van der Waals surface area contributed by atoms with E-state index in [1.165, 1.54) is 11.1 Å². The van der Waals surface area contributed by atoms with Gasteiger partial charge in [-0.3, -0.25) is 4.90 Å². The van der Waals surface area contributed by atoms with Crippen LogP contribution in [-0.4, -0.2) is 42.1 Å². The van der Waals surface area contributed by atoms with Crippen LogP contribution >= 0.6 is 0 Å². The minimum absolute atomic E-state index is 0.0658. The lowest BCUT2D eigenvalue weighted by Crippen LogP contribution is -2.38. The first-order valence-electron chi connectivity index (χ1n) is 7.00. The van der Waals surface area contributed by atoms with Gasteiger partial charge < -0.3 is 9.64 Å². The van der Waals surface area contributed by atoms with Crippen LogP contribution in [-0.2, 0) is 11.3 Å². The molecule has 0 spiro atoms. The van der Waals surface area contributed by atoms with Crippen LogP contribution < -0.4 is 0 Å². The van der Waals surface area contributed by atoms with Crippen LogP contribution in [0.15, 0.2) is 24.3 Å². The molecule has 0 N–H and O–H groups in total. The summed E-state index contributed by atoms with van der Waals surface area (Å²) in [5.74, 6) is 0. The summed E-state index contributed by atoms with van der Waals surface area (Å²) in [6.45, 7) is 7.12. The van der Waals surface area contributed by atoms with E-state index >= 15 is 0 Å². The van der Waals surface area contributed by atoms with Crippen molar-refractivity contribution >= 4 is 6.09 Å². The molecule has 1 aromatic carbocycles.